The molecule has 0 spiro atoms. The summed E-state index contributed by atoms with van der Waals surface area (Å²) in [7, 11) is 0. The van der Waals surface area contributed by atoms with Gasteiger partial charge in [0.05, 0.1) is 0 Å². The van der Waals surface area contributed by atoms with Gasteiger partial charge in [0.1, 0.15) is 12.2 Å². The highest BCUT2D eigenvalue weighted by Crippen LogP contribution is 2.07. The molecule has 0 aromatic rings. The molecule has 0 unspecified atom stereocenters. The predicted octanol–water partition coefficient (Wildman–Crippen LogP) is 2.33. The second kappa shape index (κ2) is 4.59. The molecule has 0 saturated heterocycles. The minimum Gasteiger partial charge on any atom is -0.433 e. The number of rotatable bonds is 2. The molecule has 0 fully saturated rings. The van der Waals surface area contributed by atoms with Crippen molar-refractivity contribution in [1.82, 2.24) is 0 Å². The molecule has 0 amide bonds. The van der Waals surface area contributed by atoms with Crippen LogP contribution in [-0.2, 0) is 9.47 Å². The van der Waals surface area contributed by atoms with Crippen LogP contribution >= 0.6 is 15.9 Å². The number of carbonyl (C=O) groups is 1. The molecule has 11 heavy (non-hydrogen) atoms. The summed E-state index contributed by atoms with van der Waals surface area (Å²) in [6, 6.07) is 0. The summed E-state index contributed by atoms with van der Waals surface area (Å²) in [6.45, 7) is 5.72. The number of alkyl halides is 1. The predicted molar refractivity (Wildman–Crippen MR) is 46.0 cm³/mol. The summed E-state index contributed by atoms with van der Waals surface area (Å²) in [5, 5.41) is 0.631. The lowest BCUT2D eigenvalue weighted by Gasteiger charge is -2.18. The van der Waals surface area contributed by atoms with Crippen LogP contribution in [0.2, 0.25) is 0 Å². The van der Waals surface area contributed by atoms with Gasteiger partial charge in [0, 0.05) is 5.33 Å². The highest BCUT2D eigenvalue weighted by Gasteiger charge is 2.16. The normalized spacial score (nSPS) is 10.9. The number of ether oxygens (including phenoxy) is 2. The third-order valence-corrected chi connectivity index (χ3v) is 1.01. The van der Waals surface area contributed by atoms with Crippen molar-refractivity contribution in [3.8, 4) is 0 Å². The van der Waals surface area contributed by atoms with Gasteiger partial charge in [0.15, 0.2) is 0 Å². The summed E-state index contributed by atoms with van der Waals surface area (Å²) < 4.78 is 9.52. The Labute approximate surface area is 75.2 Å². The quantitative estimate of drug-likeness (QED) is 0.534. The Bertz CT molecular complexity index is 128. The van der Waals surface area contributed by atoms with Gasteiger partial charge < -0.3 is 9.47 Å². The first-order valence-corrected chi connectivity index (χ1v) is 4.49. The molecule has 3 nitrogen and oxygen atoms in total. The van der Waals surface area contributed by atoms with Gasteiger partial charge >= 0.3 is 6.16 Å². The molecule has 4 heteroatoms. The molecule has 66 valence electrons. The Hall–Kier alpha value is -0.250. The summed E-state index contributed by atoms with van der Waals surface area (Å²) in [5.74, 6) is 0. The molecular formula is C7H13BrO3. The summed E-state index contributed by atoms with van der Waals surface area (Å²) in [6.07, 6.45) is -0.614. The van der Waals surface area contributed by atoms with Crippen LogP contribution in [0, 0.1) is 0 Å². The van der Waals surface area contributed by atoms with Gasteiger partial charge in [0.25, 0.3) is 0 Å². The number of carbonyl (C=O) groups excluding carboxylic acids is 1. The fraction of sp³-hybridized carbons (Fsp3) is 0.857. The van der Waals surface area contributed by atoms with Crippen LogP contribution in [0.3, 0.4) is 0 Å². The van der Waals surface area contributed by atoms with Gasteiger partial charge in [-0.05, 0) is 20.8 Å². The maximum absolute atomic E-state index is 10.8. The van der Waals surface area contributed by atoms with E-state index < -0.39 is 11.8 Å². The van der Waals surface area contributed by atoms with Crippen molar-refractivity contribution in [2.45, 2.75) is 26.4 Å². The Morgan fingerprint density at radius 2 is 2.00 bits per heavy atom. The second-order valence-electron chi connectivity index (χ2n) is 3.00. The van der Waals surface area contributed by atoms with E-state index in [4.69, 9.17) is 4.74 Å². The molecule has 0 atom stereocenters. The third kappa shape index (κ3) is 7.65. The van der Waals surface area contributed by atoms with E-state index in [1.165, 1.54) is 0 Å². The molecule has 0 aliphatic heterocycles. The summed E-state index contributed by atoms with van der Waals surface area (Å²) >= 11 is 3.12. The molecule has 0 bridgehead atoms. The zero-order valence-electron chi connectivity index (χ0n) is 7.02. The number of hydrogen-bond acceptors (Lipinski definition) is 3. The molecule has 0 aliphatic rings. The molecule has 0 radical (unpaired) electrons. The Balaban J connectivity index is 3.53. The molecule has 0 aliphatic carbocycles. The topological polar surface area (TPSA) is 35.5 Å². The lowest BCUT2D eigenvalue weighted by molar-refractivity contribution is -0.00436. The Kier molecular flexibility index (Phi) is 4.49. The maximum atomic E-state index is 10.8. The van der Waals surface area contributed by atoms with E-state index in [0.29, 0.717) is 11.9 Å². The van der Waals surface area contributed by atoms with Crippen LogP contribution in [0.25, 0.3) is 0 Å². The van der Waals surface area contributed by atoms with E-state index in [1.807, 2.05) is 0 Å². The van der Waals surface area contributed by atoms with Crippen molar-refractivity contribution in [3.05, 3.63) is 0 Å². The van der Waals surface area contributed by atoms with Crippen LogP contribution in [0.5, 0.6) is 0 Å². The largest absolute Gasteiger partial charge is 0.508 e. The zero-order chi connectivity index (χ0) is 8.91. The SMILES string of the molecule is CC(C)(C)OC(=O)OCCBr. The Morgan fingerprint density at radius 3 is 2.36 bits per heavy atom. The standard InChI is InChI=1S/C7H13BrO3/c1-7(2,3)11-6(9)10-5-4-8/h4-5H2,1-3H3. The fourth-order valence-electron chi connectivity index (χ4n) is 0.401. The smallest absolute Gasteiger partial charge is 0.433 e. The lowest BCUT2D eigenvalue weighted by Crippen LogP contribution is -2.24. The van der Waals surface area contributed by atoms with Crippen molar-refractivity contribution >= 4 is 22.1 Å². The molecule has 0 aromatic carbocycles. The minimum atomic E-state index is -0.614. The number of hydrogen-bond donors (Lipinski definition) is 0. The molecule has 0 N–H and O–H groups in total. The molecule has 0 saturated carbocycles. The highest BCUT2D eigenvalue weighted by atomic mass is 79.9. The van der Waals surface area contributed by atoms with Crippen LogP contribution in [0.1, 0.15) is 20.8 Å². The van der Waals surface area contributed by atoms with Crippen molar-refractivity contribution in [2.24, 2.45) is 0 Å². The van der Waals surface area contributed by atoms with Crippen LogP contribution in [0.15, 0.2) is 0 Å². The monoisotopic (exact) mass is 224 g/mol. The molecule has 0 heterocycles. The van der Waals surface area contributed by atoms with Gasteiger partial charge in [-0.1, -0.05) is 15.9 Å². The third-order valence-electron chi connectivity index (χ3n) is 0.687. The van der Waals surface area contributed by atoms with Crippen molar-refractivity contribution < 1.29 is 14.3 Å². The van der Waals surface area contributed by atoms with Crippen LogP contribution in [-0.4, -0.2) is 23.7 Å². The van der Waals surface area contributed by atoms with E-state index in [0.717, 1.165) is 0 Å². The van der Waals surface area contributed by atoms with Gasteiger partial charge in [-0.15, -0.1) is 0 Å². The van der Waals surface area contributed by atoms with Crippen LogP contribution in [0.4, 0.5) is 4.79 Å². The average Bonchev–Trinajstić information content (AvgIpc) is 1.79. The maximum Gasteiger partial charge on any atom is 0.508 e. The first-order chi connectivity index (χ1) is 4.95. The summed E-state index contributed by atoms with van der Waals surface area (Å²) in [5.41, 5.74) is -0.469. The van der Waals surface area contributed by atoms with E-state index >= 15 is 0 Å². The summed E-state index contributed by atoms with van der Waals surface area (Å²) in [4.78, 5) is 10.8. The van der Waals surface area contributed by atoms with Gasteiger partial charge in [-0.2, -0.15) is 0 Å². The van der Waals surface area contributed by atoms with Gasteiger partial charge in [0.2, 0.25) is 0 Å². The van der Waals surface area contributed by atoms with Crippen molar-refractivity contribution in [2.75, 3.05) is 11.9 Å². The zero-order valence-corrected chi connectivity index (χ0v) is 8.60. The Morgan fingerprint density at radius 1 is 1.45 bits per heavy atom. The molecule has 0 aromatic heterocycles. The number of halogens is 1. The second-order valence-corrected chi connectivity index (χ2v) is 3.79. The lowest BCUT2D eigenvalue weighted by atomic mass is 10.2. The van der Waals surface area contributed by atoms with E-state index in [-0.39, 0.29) is 0 Å². The average molecular weight is 225 g/mol. The fourth-order valence-corrected chi connectivity index (χ4v) is 0.563. The highest BCUT2D eigenvalue weighted by molar-refractivity contribution is 9.09. The molecular weight excluding hydrogens is 212 g/mol. The van der Waals surface area contributed by atoms with Crippen molar-refractivity contribution in [3.63, 3.8) is 0 Å². The van der Waals surface area contributed by atoms with Crippen molar-refractivity contribution in [1.29, 1.82) is 0 Å². The molecule has 0 rings (SSSR count). The van der Waals surface area contributed by atoms with E-state index in [2.05, 4.69) is 20.7 Å². The van der Waals surface area contributed by atoms with E-state index in [9.17, 15) is 4.79 Å². The minimum absolute atomic E-state index is 0.342. The van der Waals surface area contributed by atoms with E-state index in [1.54, 1.807) is 20.8 Å². The first-order valence-electron chi connectivity index (χ1n) is 3.37. The van der Waals surface area contributed by atoms with Crippen LogP contribution < -0.4 is 0 Å². The van der Waals surface area contributed by atoms with Gasteiger partial charge in [-0.3, -0.25) is 0 Å². The van der Waals surface area contributed by atoms with Gasteiger partial charge in [-0.25, -0.2) is 4.79 Å². The first kappa shape index (κ1) is 10.8.